The van der Waals surface area contributed by atoms with Crippen molar-refractivity contribution in [1.82, 2.24) is 15.0 Å². The Morgan fingerprint density at radius 1 is 1.07 bits per heavy atom. The number of aryl methyl sites for hydroxylation is 3. The van der Waals surface area contributed by atoms with Gasteiger partial charge in [-0.05, 0) is 55.5 Å². The zero-order valence-corrected chi connectivity index (χ0v) is 17.5. The zero-order valence-electron chi connectivity index (χ0n) is 16.0. The second-order valence-electron chi connectivity index (χ2n) is 6.93. The number of halogens is 2. The molecule has 2 aromatic heterocycles. The summed E-state index contributed by atoms with van der Waals surface area (Å²) < 4.78 is 0. The Hall–Kier alpha value is -2.17. The Bertz CT molecular complexity index is 1020. The van der Waals surface area contributed by atoms with Crippen LogP contribution in [0, 0.1) is 0 Å². The topological polar surface area (TPSA) is 50.7 Å². The molecule has 1 aliphatic carbocycles. The molecule has 3 aromatic rings. The van der Waals surface area contributed by atoms with E-state index in [9.17, 15) is 0 Å². The molecule has 1 N–H and O–H groups in total. The van der Waals surface area contributed by atoms with E-state index < -0.39 is 0 Å². The van der Waals surface area contributed by atoms with Crippen LogP contribution >= 0.6 is 23.2 Å². The van der Waals surface area contributed by atoms with Crippen LogP contribution in [0.25, 0.3) is 11.3 Å². The average molecular weight is 413 g/mol. The summed E-state index contributed by atoms with van der Waals surface area (Å²) in [4.78, 5) is 14.5. The van der Waals surface area contributed by atoms with E-state index in [0.29, 0.717) is 10.0 Å². The molecule has 6 heteroatoms. The minimum atomic E-state index is 0.172. The normalized spacial score (nSPS) is 15.5. The van der Waals surface area contributed by atoms with Crippen molar-refractivity contribution in [3.05, 3.63) is 69.2 Å². The first-order valence-corrected chi connectivity index (χ1v) is 10.4. The minimum absolute atomic E-state index is 0.172. The van der Waals surface area contributed by atoms with Gasteiger partial charge < -0.3 is 5.32 Å². The predicted molar refractivity (Wildman–Crippen MR) is 115 cm³/mol. The number of nitrogens with one attached hydrogen (secondary N) is 1. The van der Waals surface area contributed by atoms with Crippen molar-refractivity contribution in [2.75, 3.05) is 5.32 Å². The molecule has 0 spiro atoms. The maximum atomic E-state index is 6.45. The summed E-state index contributed by atoms with van der Waals surface area (Å²) in [5, 5.41) is 4.81. The molecule has 2 heterocycles. The third kappa shape index (κ3) is 3.59. The van der Waals surface area contributed by atoms with E-state index in [1.54, 1.807) is 6.07 Å². The van der Waals surface area contributed by atoms with Gasteiger partial charge in [-0.15, -0.1) is 0 Å². The first kappa shape index (κ1) is 19.2. The second kappa shape index (κ2) is 8.06. The van der Waals surface area contributed by atoms with Gasteiger partial charge in [-0.25, -0.2) is 9.97 Å². The van der Waals surface area contributed by atoms with Crippen LogP contribution in [0.5, 0.6) is 0 Å². The van der Waals surface area contributed by atoms with Gasteiger partial charge in [0, 0.05) is 16.8 Å². The van der Waals surface area contributed by atoms with E-state index in [1.165, 1.54) is 5.56 Å². The van der Waals surface area contributed by atoms with E-state index in [2.05, 4.69) is 30.2 Å². The van der Waals surface area contributed by atoms with Crippen LogP contribution < -0.4 is 5.32 Å². The molecule has 0 radical (unpaired) electrons. The number of hydrogen-bond donors (Lipinski definition) is 1. The molecule has 0 saturated carbocycles. The number of pyridine rings is 1. The van der Waals surface area contributed by atoms with Crippen molar-refractivity contribution in [2.24, 2.45) is 0 Å². The molecule has 0 saturated heterocycles. The van der Waals surface area contributed by atoms with E-state index >= 15 is 0 Å². The highest BCUT2D eigenvalue weighted by Gasteiger charge is 2.25. The zero-order chi connectivity index (χ0) is 19.7. The molecule has 1 unspecified atom stereocenters. The first-order chi connectivity index (χ1) is 13.6. The molecule has 0 bridgehead atoms. The van der Waals surface area contributed by atoms with E-state index in [4.69, 9.17) is 33.2 Å². The van der Waals surface area contributed by atoms with Crippen LogP contribution in [-0.4, -0.2) is 15.0 Å². The molecule has 0 fully saturated rings. The molecule has 0 amide bonds. The summed E-state index contributed by atoms with van der Waals surface area (Å²) in [5.41, 5.74) is 5.98. The fourth-order valence-corrected chi connectivity index (χ4v) is 4.23. The molecular formula is C22H22Cl2N4. The number of fused-ring (bicyclic) bond motifs is 1. The summed E-state index contributed by atoms with van der Waals surface area (Å²) >= 11 is 12.5. The van der Waals surface area contributed by atoms with Crippen molar-refractivity contribution in [1.29, 1.82) is 0 Å². The van der Waals surface area contributed by atoms with Gasteiger partial charge in [-0.1, -0.05) is 43.1 Å². The Kier molecular flexibility index (Phi) is 5.51. The largest absolute Gasteiger partial charge is 0.360 e. The van der Waals surface area contributed by atoms with E-state index in [0.717, 1.165) is 59.8 Å². The quantitative estimate of drug-likeness (QED) is 0.552. The van der Waals surface area contributed by atoms with E-state index in [-0.39, 0.29) is 6.04 Å². The lowest BCUT2D eigenvalue weighted by atomic mass is 10.1. The van der Waals surface area contributed by atoms with Crippen molar-refractivity contribution < 1.29 is 0 Å². The predicted octanol–water partition coefficient (Wildman–Crippen LogP) is 6.07. The van der Waals surface area contributed by atoms with Crippen molar-refractivity contribution in [2.45, 2.75) is 45.6 Å². The van der Waals surface area contributed by atoms with Gasteiger partial charge in [0.1, 0.15) is 5.82 Å². The number of anilines is 1. The summed E-state index contributed by atoms with van der Waals surface area (Å²) in [6.07, 6.45) is 5.45. The Balaban J connectivity index is 1.73. The maximum Gasteiger partial charge on any atom is 0.148 e. The molecule has 4 rings (SSSR count). The van der Waals surface area contributed by atoms with Gasteiger partial charge >= 0.3 is 0 Å². The summed E-state index contributed by atoms with van der Waals surface area (Å²) in [6.45, 7) is 4.17. The standard InChI is InChI=1S/C22H22Cl2N4/c1-3-17-21(15-9-8-14(23)12-16(15)24)26-18(4-2)22(27-17)28-19-10-7-13-6-5-11-25-20(13)19/h5-6,8-9,11-12,19H,3-4,7,10H2,1-2H3,(H,27,28). The molecular weight excluding hydrogens is 391 g/mol. The summed E-state index contributed by atoms with van der Waals surface area (Å²) in [5.74, 6) is 0.844. The molecule has 28 heavy (non-hydrogen) atoms. The third-order valence-corrected chi connectivity index (χ3v) is 5.71. The van der Waals surface area contributed by atoms with Gasteiger partial charge in [0.05, 0.1) is 33.8 Å². The fourth-order valence-electron chi connectivity index (χ4n) is 3.73. The first-order valence-electron chi connectivity index (χ1n) is 9.66. The van der Waals surface area contributed by atoms with Crippen molar-refractivity contribution in [3.63, 3.8) is 0 Å². The minimum Gasteiger partial charge on any atom is -0.360 e. The monoisotopic (exact) mass is 412 g/mol. The number of hydrogen-bond acceptors (Lipinski definition) is 4. The molecule has 1 aliphatic rings. The van der Waals surface area contributed by atoms with Crippen LogP contribution in [-0.2, 0) is 19.3 Å². The number of aromatic nitrogens is 3. The lowest BCUT2D eigenvalue weighted by Crippen LogP contribution is -2.14. The molecule has 1 aromatic carbocycles. The van der Waals surface area contributed by atoms with Crippen LogP contribution in [0.1, 0.15) is 49.0 Å². The van der Waals surface area contributed by atoms with Crippen LogP contribution in [0.2, 0.25) is 10.0 Å². The van der Waals surface area contributed by atoms with Crippen LogP contribution in [0.15, 0.2) is 36.5 Å². The molecule has 1 atom stereocenters. The molecule has 144 valence electrons. The summed E-state index contributed by atoms with van der Waals surface area (Å²) in [6, 6.07) is 9.82. The van der Waals surface area contributed by atoms with Crippen molar-refractivity contribution >= 4 is 29.0 Å². The van der Waals surface area contributed by atoms with Gasteiger partial charge in [0.15, 0.2) is 0 Å². The van der Waals surface area contributed by atoms with Gasteiger partial charge in [0.2, 0.25) is 0 Å². The van der Waals surface area contributed by atoms with Crippen LogP contribution in [0.3, 0.4) is 0 Å². The third-order valence-electron chi connectivity index (χ3n) is 5.17. The van der Waals surface area contributed by atoms with Crippen molar-refractivity contribution in [3.8, 4) is 11.3 Å². The van der Waals surface area contributed by atoms with Crippen LogP contribution in [0.4, 0.5) is 5.82 Å². The number of benzene rings is 1. The Morgan fingerprint density at radius 3 is 2.64 bits per heavy atom. The maximum absolute atomic E-state index is 6.45. The second-order valence-corrected chi connectivity index (χ2v) is 7.77. The molecule has 0 aliphatic heterocycles. The highest BCUT2D eigenvalue weighted by molar-refractivity contribution is 6.36. The fraction of sp³-hybridized carbons (Fsp3) is 0.318. The molecule has 4 nitrogen and oxygen atoms in total. The Morgan fingerprint density at radius 2 is 1.89 bits per heavy atom. The summed E-state index contributed by atoms with van der Waals surface area (Å²) in [7, 11) is 0. The average Bonchev–Trinajstić information content (AvgIpc) is 3.11. The highest BCUT2D eigenvalue weighted by atomic mass is 35.5. The SMILES string of the molecule is CCc1nc(-c2ccc(Cl)cc2Cl)c(CC)nc1NC1CCc2cccnc21. The highest BCUT2D eigenvalue weighted by Crippen LogP contribution is 2.35. The Labute approximate surface area is 175 Å². The van der Waals surface area contributed by atoms with Gasteiger partial charge in [-0.2, -0.15) is 0 Å². The lowest BCUT2D eigenvalue weighted by Gasteiger charge is -2.19. The van der Waals surface area contributed by atoms with Gasteiger partial charge in [0.25, 0.3) is 0 Å². The smallest absolute Gasteiger partial charge is 0.148 e. The number of rotatable bonds is 5. The number of nitrogens with zero attached hydrogens (tertiary/aromatic N) is 3. The lowest BCUT2D eigenvalue weighted by molar-refractivity contribution is 0.735. The van der Waals surface area contributed by atoms with E-state index in [1.807, 2.05) is 24.4 Å². The van der Waals surface area contributed by atoms with Gasteiger partial charge in [-0.3, -0.25) is 4.98 Å².